The minimum absolute atomic E-state index is 0.396. The van der Waals surface area contributed by atoms with Crippen LogP contribution in [0.15, 0.2) is 18.2 Å². The zero-order valence-electron chi connectivity index (χ0n) is 10.4. The summed E-state index contributed by atoms with van der Waals surface area (Å²) in [6.45, 7) is 1.65. The lowest BCUT2D eigenvalue weighted by molar-refractivity contribution is 0.000872. The average molecular weight is 255 g/mol. The van der Waals surface area contributed by atoms with Crippen LogP contribution < -0.4 is 5.32 Å². The van der Waals surface area contributed by atoms with E-state index in [9.17, 15) is 13.9 Å². The van der Waals surface area contributed by atoms with Gasteiger partial charge in [-0.3, -0.25) is 0 Å². The lowest BCUT2D eigenvalue weighted by Crippen LogP contribution is -2.41. The quantitative estimate of drug-likeness (QED) is 0.866. The molecule has 0 amide bonds. The number of hydrogen-bond donors (Lipinski definition) is 2. The average Bonchev–Trinajstić information content (AvgIpc) is 2.35. The van der Waals surface area contributed by atoms with Gasteiger partial charge in [0, 0.05) is 0 Å². The number of aliphatic hydroxyl groups is 1. The van der Waals surface area contributed by atoms with Crippen LogP contribution in [-0.2, 0) is 6.42 Å². The molecule has 1 aromatic rings. The maximum Gasteiger partial charge on any atom is 0.162 e. The molecule has 0 bridgehead atoms. The van der Waals surface area contributed by atoms with Gasteiger partial charge in [-0.15, -0.1) is 0 Å². The van der Waals surface area contributed by atoms with Crippen LogP contribution in [0.1, 0.15) is 31.2 Å². The first kappa shape index (κ1) is 13.4. The Morgan fingerprint density at radius 1 is 1.22 bits per heavy atom. The Balaban J connectivity index is 1.86. The van der Waals surface area contributed by atoms with Crippen molar-refractivity contribution in [3.63, 3.8) is 0 Å². The molecule has 0 saturated carbocycles. The second-order valence-corrected chi connectivity index (χ2v) is 5.04. The molecule has 4 heteroatoms. The smallest absolute Gasteiger partial charge is 0.162 e. The zero-order valence-corrected chi connectivity index (χ0v) is 10.4. The molecule has 0 radical (unpaired) electrons. The summed E-state index contributed by atoms with van der Waals surface area (Å²) in [6, 6.07) is 4.25. The van der Waals surface area contributed by atoms with E-state index in [1.165, 1.54) is 6.07 Å². The second kappa shape index (κ2) is 5.76. The van der Waals surface area contributed by atoms with Gasteiger partial charge in [-0.2, -0.15) is 0 Å². The van der Waals surface area contributed by atoms with Crippen molar-refractivity contribution in [1.82, 2.24) is 5.32 Å². The molecular weight excluding hydrogens is 236 g/mol. The van der Waals surface area contributed by atoms with Gasteiger partial charge in [0.2, 0.25) is 0 Å². The maximum atomic E-state index is 13.4. The molecule has 0 aliphatic carbocycles. The highest BCUT2D eigenvalue weighted by atomic mass is 19.2. The molecule has 1 aromatic carbocycles. The molecule has 1 fully saturated rings. The predicted octanol–water partition coefficient (Wildman–Crippen LogP) is 2.40. The summed E-state index contributed by atoms with van der Waals surface area (Å²) in [5, 5.41) is 13.5. The molecule has 1 saturated heterocycles. The van der Waals surface area contributed by atoms with E-state index in [4.69, 9.17) is 0 Å². The molecule has 2 nitrogen and oxygen atoms in total. The largest absolute Gasteiger partial charge is 0.390 e. The van der Waals surface area contributed by atoms with Crippen LogP contribution in [0.5, 0.6) is 0 Å². The molecule has 0 aromatic heterocycles. The Morgan fingerprint density at radius 3 is 2.67 bits per heavy atom. The number of halogens is 2. The molecule has 1 aliphatic heterocycles. The number of hydrogen-bond acceptors (Lipinski definition) is 2. The molecule has 2 N–H and O–H groups in total. The van der Waals surface area contributed by atoms with Crippen LogP contribution in [0.3, 0.4) is 0 Å². The number of aryl methyl sites for hydroxylation is 1. The molecule has 100 valence electrons. The Kier molecular flexibility index (Phi) is 4.30. The monoisotopic (exact) mass is 255 g/mol. The molecule has 0 atom stereocenters. The normalized spacial score (nSPS) is 18.8. The Hall–Kier alpha value is -1.00. The van der Waals surface area contributed by atoms with Gasteiger partial charge in [0.1, 0.15) is 0 Å². The highest BCUT2D eigenvalue weighted by molar-refractivity contribution is 5.19. The van der Waals surface area contributed by atoms with Gasteiger partial charge >= 0.3 is 0 Å². The molecule has 0 spiro atoms. The van der Waals surface area contributed by atoms with Gasteiger partial charge in [0.05, 0.1) is 5.60 Å². The Labute approximate surface area is 106 Å². The van der Waals surface area contributed by atoms with E-state index in [1.807, 2.05) is 0 Å². The summed E-state index contributed by atoms with van der Waals surface area (Å²) in [7, 11) is 0. The lowest BCUT2D eigenvalue weighted by Gasteiger charge is -2.32. The van der Waals surface area contributed by atoms with E-state index in [-0.39, 0.29) is 0 Å². The summed E-state index contributed by atoms with van der Waals surface area (Å²) >= 11 is 0. The lowest BCUT2D eigenvalue weighted by atomic mass is 9.87. The molecule has 18 heavy (non-hydrogen) atoms. The first-order chi connectivity index (χ1) is 8.61. The second-order valence-electron chi connectivity index (χ2n) is 5.04. The first-order valence-electron chi connectivity index (χ1n) is 6.47. The van der Waals surface area contributed by atoms with Gasteiger partial charge < -0.3 is 10.4 Å². The Bertz CT molecular complexity index is 403. The van der Waals surface area contributed by atoms with Gasteiger partial charge in [0.15, 0.2) is 11.6 Å². The van der Waals surface area contributed by atoms with E-state index in [1.54, 1.807) is 6.07 Å². The van der Waals surface area contributed by atoms with E-state index >= 15 is 0 Å². The van der Waals surface area contributed by atoms with Crippen molar-refractivity contribution in [2.24, 2.45) is 0 Å². The third kappa shape index (κ3) is 3.27. The number of piperidine rings is 1. The van der Waals surface area contributed by atoms with E-state index in [0.29, 0.717) is 24.8 Å². The SMILES string of the molecule is OC1(CCCc2cccc(F)c2F)CCNCC1. The van der Waals surface area contributed by atoms with Gasteiger partial charge in [-0.05, 0) is 56.8 Å². The number of benzene rings is 1. The minimum Gasteiger partial charge on any atom is -0.390 e. The molecular formula is C14H19F2NO. The van der Waals surface area contributed by atoms with Crippen molar-refractivity contribution in [1.29, 1.82) is 0 Å². The van der Waals surface area contributed by atoms with Crippen LogP contribution in [0.4, 0.5) is 8.78 Å². The minimum atomic E-state index is -0.798. The van der Waals surface area contributed by atoms with Gasteiger partial charge in [0.25, 0.3) is 0 Å². The van der Waals surface area contributed by atoms with Crippen LogP contribution in [0, 0.1) is 11.6 Å². The van der Waals surface area contributed by atoms with Crippen LogP contribution in [0.2, 0.25) is 0 Å². The number of rotatable bonds is 4. The van der Waals surface area contributed by atoms with Crippen molar-refractivity contribution < 1.29 is 13.9 Å². The molecule has 1 heterocycles. The van der Waals surface area contributed by atoms with Crippen molar-refractivity contribution in [3.8, 4) is 0 Å². The summed E-state index contributed by atoms with van der Waals surface area (Å²) in [4.78, 5) is 0. The van der Waals surface area contributed by atoms with E-state index in [0.717, 1.165) is 32.0 Å². The van der Waals surface area contributed by atoms with Crippen LogP contribution in [-0.4, -0.2) is 23.8 Å². The highest BCUT2D eigenvalue weighted by Gasteiger charge is 2.28. The Morgan fingerprint density at radius 2 is 1.94 bits per heavy atom. The molecule has 0 unspecified atom stereocenters. The molecule has 2 rings (SSSR count). The van der Waals surface area contributed by atoms with Crippen LogP contribution in [0.25, 0.3) is 0 Å². The fourth-order valence-corrected chi connectivity index (χ4v) is 2.49. The summed E-state index contributed by atoms with van der Waals surface area (Å²) in [5.74, 6) is -1.55. The van der Waals surface area contributed by atoms with Gasteiger partial charge in [-0.25, -0.2) is 8.78 Å². The first-order valence-corrected chi connectivity index (χ1v) is 6.47. The number of nitrogens with one attached hydrogen (secondary N) is 1. The van der Waals surface area contributed by atoms with Crippen molar-refractivity contribution in [2.75, 3.05) is 13.1 Å². The fourth-order valence-electron chi connectivity index (χ4n) is 2.49. The van der Waals surface area contributed by atoms with Crippen molar-refractivity contribution >= 4 is 0 Å². The third-order valence-electron chi connectivity index (χ3n) is 3.65. The topological polar surface area (TPSA) is 32.3 Å². The third-order valence-corrected chi connectivity index (χ3v) is 3.65. The summed E-state index contributed by atoms with van der Waals surface area (Å²) in [5.41, 5.74) is -0.234. The van der Waals surface area contributed by atoms with E-state index < -0.39 is 17.2 Å². The zero-order chi connectivity index (χ0) is 13.0. The standard InChI is InChI=1S/C14H19F2NO/c15-12-5-1-3-11(13(12)16)4-2-6-14(18)7-9-17-10-8-14/h1,3,5,17-18H,2,4,6-10H2. The molecule has 1 aliphatic rings. The predicted molar refractivity (Wildman–Crippen MR) is 66.3 cm³/mol. The van der Waals surface area contributed by atoms with Crippen LogP contribution >= 0.6 is 0 Å². The highest BCUT2D eigenvalue weighted by Crippen LogP contribution is 2.25. The van der Waals surface area contributed by atoms with Crippen molar-refractivity contribution in [2.45, 2.75) is 37.7 Å². The van der Waals surface area contributed by atoms with E-state index in [2.05, 4.69) is 5.32 Å². The summed E-state index contributed by atoms with van der Waals surface area (Å²) in [6.07, 6.45) is 3.26. The fraction of sp³-hybridized carbons (Fsp3) is 0.571. The van der Waals surface area contributed by atoms with Crippen molar-refractivity contribution in [3.05, 3.63) is 35.4 Å². The van der Waals surface area contributed by atoms with Gasteiger partial charge in [-0.1, -0.05) is 12.1 Å². The maximum absolute atomic E-state index is 13.4. The summed E-state index contributed by atoms with van der Waals surface area (Å²) < 4.78 is 26.4.